The molecule has 0 radical (unpaired) electrons. The fourth-order valence-electron chi connectivity index (χ4n) is 3.68. The average molecular weight is 562 g/mol. The predicted octanol–water partition coefficient (Wildman–Crippen LogP) is 7.65. The van der Waals surface area contributed by atoms with Gasteiger partial charge in [0.05, 0.1) is 0 Å². The fraction of sp³-hybridized carbons (Fsp3) is 0.176. The number of rotatable bonds is 0. The third-order valence-corrected chi connectivity index (χ3v) is 5.40. The monoisotopic (exact) mass is 560 g/mol. The maximum atomic E-state index is 3.45. The molecule has 2 aliphatic carbocycles. The molecule has 0 saturated heterocycles. The number of fused-ring (bicyclic) bond motifs is 3. The number of benzene rings is 4. The molecule has 2 heteroatoms. The van der Waals surface area contributed by atoms with Crippen LogP contribution in [-0.4, -0.2) is 6.88 Å². The second-order valence-electron chi connectivity index (χ2n) is 8.54. The molecule has 0 nitrogen and oxygen atoms in total. The molecule has 0 fully saturated rings. The van der Waals surface area contributed by atoms with Gasteiger partial charge in [0, 0.05) is 0 Å². The molecule has 0 aliphatic heterocycles. The van der Waals surface area contributed by atoms with E-state index in [-0.39, 0.29) is 0 Å². The van der Waals surface area contributed by atoms with Crippen molar-refractivity contribution in [3.8, 4) is 11.1 Å². The first-order valence-corrected chi connectivity index (χ1v) is 18.0. The minimum atomic E-state index is 1.01. The molecule has 0 N–H and O–H groups in total. The maximum absolute atomic E-state index is 3.45. The van der Waals surface area contributed by atoms with Gasteiger partial charge >= 0.3 is 30.2 Å². The minimum absolute atomic E-state index is 1.01. The van der Waals surface area contributed by atoms with Crippen molar-refractivity contribution in [2.45, 2.75) is 40.5 Å². The van der Waals surface area contributed by atoms with Gasteiger partial charge < -0.3 is 0 Å². The quantitative estimate of drug-likeness (QED) is 0.135. The van der Waals surface area contributed by atoms with Gasteiger partial charge in [0.1, 0.15) is 0 Å². The number of aryl methyl sites for hydroxylation is 4. The Kier molecular flexibility index (Phi) is 14.0. The van der Waals surface area contributed by atoms with Crippen LogP contribution in [0.5, 0.6) is 0 Å². The molecule has 4 aromatic rings. The van der Waals surface area contributed by atoms with Crippen LogP contribution in [0, 0.1) is 52.0 Å². The molecule has 36 heavy (non-hydrogen) atoms. The third kappa shape index (κ3) is 10.6. The van der Waals surface area contributed by atoms with Crippen LogP contribution < -0.4 is 0 Å². The van der Waals surface area contributed by atoms with E-state index in [4.69, 9.17) is 0 Å². The fourth-order valence-corrected chi connectivity index (χ4v) is 3.68. The Hall–Kier alpha value is -2.54. The molecule has 2 aliphatic rings. The van der Waals surface area contributed by atoms with Gasteiger partial charge in [-0.3, -0.25) is 6.08 Å². The molecule has 6 rings (SSSR count). The topological polar surface area (TPSA) is 0 Å². The number of allylic oxidation sites excluding steroid dienone is 4. The van der Waals surface area contributed by atoms with E-state index < -0.39 is 0 Å². The van der Waals surface area contributed by atoms with Crippen LogP contribution in [0.2, 0.25) is 0 Å². The zero-order chi connectivity index (χ0) is 26.2. The van der Waals surface area contributed by atoms with Crippen molar-refractivity contribution in [3.05, 3.63) is 155 Å². The van der Waals surface area contributed by atoms with E-state index in [1.807, 2.05) is 55.4 Å². The molecule has 0 saturated carbocycles. The van der Waals surface area contributed by atoms with E-state index in [2.05, 4.69) is 101 Å². The van der Waals surface area contributed by atoms with Gasteiger partial charge in [0.2, 0.25) is 0 Å². The van der Waals surface area contributed by atoms with Crippen molar-refractivity contribution in [2.75, 3.05) is 0 Å². The molecule has 0 amide bonds. The number of hydrogen-bond donors (Lipinski definition) is 0. The normalized spacial score (nSPS) is 11.1. The van der Waals surface area contributed by atoms with Crippen LogP contribution in [0.25, 0.3) is 11.1 Å². The SMILES string of the molecule is Cc1[c-]c2c(cc1)-c1ccc(C)cc1C2.Cc1c[c-]ccc1.Cc1c[c-]ccc1.[C-]1=CC=CC1.[SiH2]=[Zr]. The van der Waals surface area contributed by atoms with Crippen molar-refractivity contribution in [1.82, 2.24) is 0 Å². The average Bonchev–Trinajstić information content (AvgIpc) is 3.58. The van der Waals surface area contributed by atoms with E-state index in [9.17, 15) is 0 Å². The summed E-state index contributed by atoms with van der Waals surface area (Å²) < 4.78 is 0. The number of hydrogen-bond acceptors (Lipinski definition) is 0. The second-order valence-corrected chi connectivity index (χ2v) is 8.54. The van der Waals surface area contributed by atoms with Crippen molar-refractivity contribution in [3.63, 3.8) is 0 Å². The van der Waals surface area contributed by atoms with Crippen molar-refractivity contribution >= 4 is 6.88 Å². The van der Waals surface area contributed by atoms with Gasteiger partial charge in [0.15, 0.2) is 0 Å². The zero-order valence-electron chi connectivity index (χ0n) is 21.9. The first-order chi connectivity index (χ1) is 17.5. The molecule has 4 aromatic carbocycles. The summed E-state index contributed by atoms with van der Waals surface area (Å²) in [4.78, 5) is 0. The Balaban J connectivity index is 0.000000183. The van der Waals surface area contributed by atoms with Crippen molar-refractivity contribution < 1.29 is 23.3 Å². The van der Waals surface area contributed by atoms with Crippen LogP contribution >= 0.6 is 0 Å². The Morgan fingerprint density at radius 3 is 1.83 bits per heavy atom. The molecule has 0 bridgehead atoms. The van der Waals surface area contributed by atoms with Crippen molar-refractivity contribution in [1.29, 1.82) is 0 Å². The molecule has 0 heterocycles. The van der Waals surface area contributed by atoms with E-state index in [0.717, 1.165) is 12.8 Å². The molecule has 0 spiro atoms. The Morgan fingerprint density at radius 1 is 0.750 bits per heavy atom. The summed E-state index contributed by atoms with van der Waals surface area (Å²) in [6.45, 7) is 10.3. The van der Waals surface area contributed by atoms with Gasteiger partial charge in [-0.25, -0.2) is 12.2 Å². The van der Waals surface area contributed by atoms with Crippen LogP contribution in [0.3, 0.4) is 0 Å². The summed E-state index contributed by atoms with van der Waals surface area (Å²) in [5, 5.41) is 0. The molecule has 0 atom stereocenters. The van der Waals surface area contributed by atoms with E-state index in [1.165, 1.54) is 44.5 Å². The molecule has 0 unspecified atom stereocenters. The van der Waals surface area contributed by atoms with Crippen LogP contribution in [-0.2, 0) is 29.8 Å². The summed E-state index contributed by atoms with van der Waals surface area (Å²) in [6, 6.07) is 36.2. The summed E-state index contributed by atoms with van der Waals surface area (Å²) in [7, 11) is 0. The summed E-state index contributed by atoms with van der Waals surface area (Å²) >= 11 is 1.58. The molecule has 0 aromatic heterocycles. The Bertz CT molecular complexity index is 1140. The van der Waals surface area contributed by atoms with Gasteiger partial charge in [-0.2, -0.15) is 102 Å². The van der Waals surface area contributed by atoms with E-state index in [1.54, 1.807) is 23.3 Å². The van der Waals surface area contributed by atoms with Crippen molar-refractivity contribution in [2.24, 2.45) is 0 Å². The summed E-state index contributed by atoms with van der Waals surface area (Å²) in [5.74, 6) is 0. The first-order valence-electron chi connectivity index (χ1n) is 12.1. The van der Waals surface area contributed by atoms with Gasteiger partial charge in [-0.15, -0.1) is 17.5 Å². The first kappa shape index (κ1) is 29.7. The summed E-state index contributed by atoms with van der Waals surface area (Å²) in [6.07, 6.45) is 11.0. The zero-order valence-corrected chi connectivity index (χ0v) is 25.7. The van der Waals surface area contributed by atoms with Crippen LogP contribution in [0.1, 0.15) is 39.8 Å². The van der Waals surface area contributed by atoms with Crippen LogP contribution in [0.15, 0.2) is 97.1 Å². The third-order valence-electron chi connectivity index (χ3n) is 5.40. The second kappa shape index (κ2) is 17.0. The molecular weight excluding hydrogens is 528 g/mol. The van der Waals surface area contributed by atoms with E-state index >= 15 is 0 Å². The Labute approximate surface area is 235 Å². The molecule has 182 valence electrons. The van der Waals surface area contributed by atoms with Gasteiger partial charge in [-0.05, 0) is 18.9 Å². The van der Waals surface area contributed by atoms with E-state index in [0.29, 0.717) is 0 Å². The van der Waals surface area contributed by atoms with Gasteiger partial charge in [-0.1, -0.05) is 50.1 Å². The predicted molar refractivity (Wildman–Crippen MR) is 153 cm³/mol. The summed E-state index contributed by atoms with van der Waals surface area (Å²) in [5.41, 5.74) is 10.7. The Morgan fingerprint density at radius 2 is 1.39 bits per heavy atom. The van der Waals surface area contributed by atoms with Crippen LogP contribution in [0.4, 0.5) is 0 Å². The molecular formula is C34H34SiZr-4. The van der Waals surface area contributed by atoms with Gasteiger partial charge in [0.25, 0.3) is 0 Å². The standard InChI is InChI=1S/C15H13.2C7H7.C5H5.H2Si.Zr/c1-10-3-5-14-12(7-10)9-13-8-11(2)4-6-15(13)14;2*1-7-5-3-2-4-6-7;1-2-4-5-3-1;;/h3-7H,9H2,1-2H3;2*2-3,5-6H,1H3;1-3H,4H2;1H2;/q4*-1;;.